The van der Waals surface area contributed by atoms with Gasteiger partial charge in [0.2, 0.25) is 5.89 Å². The summed E-state index contributed by atoms with van der Waals surface area (Å²) in [6.45, 7) is -0.572. The summed E-state index contributed by atoms with van der Waals surface area (Å²) in [5, 5.41) is 9.90. The minimum atomic E-state index is -3.95. The second-order valence-electron chi connectivity index (χ2n) is 8.03. The van der Waals surface area contributed by atoms with Crippen LogP contribution in [0.25, 0.3) is 22.6 Å². The third-order valence-electron chi connectivity index (χ3n) is 5.32. The van der Waals surface area contributed by atoms with Crippen molar-refractivity contribution in [2.24, 2.45) is 0 Å². The Bertz CT molecular complexity index is 1740. The SMILES string of the molecule is O=C(COC(=O)c1ccccc1-c1nc2ccccc2o1)Nc1ccc(S(=O)(=O)Nc2ccc(Cl)nn2)cc1. The molecule has 0 aliphatic carbocycles. The molecule has 0 aliphatic heterocycles. The molecule has 2 aromatic heterocycles. The molecule has 39 heavy (non-hydrogen) atoms. The minimum absolute atomic E-state index is 0.00345. The zero-order valence-corrected chi connectivity index (χ0v) is 21.4. The van der Waals surface area contributed by atoms with E-state index in [9.17, 15) is 18.0 Å². The van der Waals surface area contributed by atoms with Crippen LogP contribution in [0.1, 0.15) is 10.4 Å². The molecule has 11 nitrogen and oxygen atoms in total. The van der Waals surface area contributed by atoms with Crippen LogP contribution in [-0.2, 0) is 19.6 Å². The van der Waals surface area contributed by atoms with Gasteiger partial charge in [0.05, 0.1) is 16.0 Å². The Morgan fingerprint density at radius 2 is 1.64 bits per heavy atom. The van der Waals surface area contributed by atoms with E-state index < -0.39 is 28.5 Å². The summed E-state index contributed by atoms with van der Waals surface area (Å²) in [6, 6.07) is 22.0. The molecule has 0 spiro atoms. The van der Waals surface area contributed by atoms with Crippen LogP contribution in [0.4, 0.5) is 11.5 Å². The van der Waals surface area contributed by atoms with Crippen molar-refractivity contribution in [2.45, 2.75) is 4.90 Å². The number of nitrogens with zero attached hydrogens (tertiary/aromatic N) is 3. The van der Waals surface area contributed by atoms with E-state index in [-0.39, 0.29) is 27.3 Å². The number of esters is 1. The topological polar surface area (TPSA) is 153 Å². The summed E-state index contributed by atoms with van der Waals surface area (Å²) in [5.41, 5.74) is 2.12. The fourth-order valence-electron chi connectivity index (χ4n) is 3.53. The van der Waals surface area contributed by atoms with Gasteiger partial charge in [-0.3, -0.25) is 9.52 Å². The van der Waals surface area contributed by atoms with E-state index in [1.54, 1.807) is 36.4 Å². The van der Waals surface area contributed by atoms with E-state index in [0.29, 0.717) is 22.4 Å². The number of para-hydroxylation sites is 2. The highest BCUT2D eigenvalue weighted by atomic mass is 35.5. The van der Waals surface area contributed by atoms with Crippen molar-refractivity contribution in [2.75, 3.05) is 16.6 Å². The molecule has 0 saturated carbocycles. The molecule has 0 unspecified atom stereocenters. The van der Waals surface area contributed by atoms with Gasteiger partial charge in [-0.15, -0.1) is 10.2 Å². The van der Waals surface area contributed by atoms with E-state index >= 15 is 0 Å². The standard InChI is InChI=1S/C26H18ClN5O6S/c27-22-13-14-23(31-30-22)32-39(35,36)17-11-9-16(10-12-17)28-24(33)15-37-26(34)19-6-2-1-5-18(19)25-29-20-7-3-4-8-21(20)38-25/h1-14H,15H2,(H,28,33)(H,31,32). The number of carbonyl (C=O) groups excluding carboxylic acids is 2. The Hall–Kier alpha value is -4.81. The second-order valence-corrected chi connectivity index (χ2v) is 10.1. The lowest BCUT2D eigenvalue weighted by Crippen LogP contribution is -2.21. The molecule has 0 atom stereocenters. The number of aromatic nitrogens is 3. The van der Waals surface area contributed by atoms with Gasteiger partial charge in [-0.05, 0) is 60.7 Å². The number of hydrogen-bond donors (Lipinski definition) is 2. The van der Waals surface area contributed by atoms with Crippen LogP contribution in [0, 0.1) is 0 Å². The van der Waals surface area contributed by atoms with Crippen LogP contribution in [0.15, 0.2) is 94.2 Å². The molecule has 2 N–H and O–H groups in total. The van der Waals surface area contributed by atoms with Crippen LogP contribution in [0.2, 0.25) is 5.15 Å². The maximum Gasteiger partial charge on any atom is 0.339 e. The van der Waals surface area contributed by atoms with Crippen LogP contribution in [0.3, 0.4) is 0 Å². The van der Waals surface area contributed by atoms with E-state index in [1.807, 2.05) is 12.1 Å². The van der Waals surface area contributed by atoms with E-state index in [0.717, 1.165) is 0 Å². The third-order valence-corrected chi connectivity index (χ3v) is 6.90. The first-order chi connectivity index (χ1) is 18.8. The minimum Gasteiger partial charge on any atom is -0.452 e. The molecule has 0 radical (unpaired) electrons. The maximum absolute atomic E-state index is 12.8. The number of amides is 1. The van der Waals surface area contributed by atoms with Crippen molar-refractivity contribution in [3.05, 3.63) is 95.6 Å². The highest BCUT2D eigenvalue weighted by Crippen LogP contribution is 2.27. The number of oxazole rings is 1. The molecular weight excluding hydrogens is 546 g/mol. The van der Waals surface area contributed by atoms with Crippen molar-refractivity contribution < 1.29 is 27.2 Å². The number of hydrogen-bond acceptors (Lipinski definition) is 9. The predicted molar refractivity (Wildman–Crippen MR) is 143 cm³/mol. The van der Waals surface area contributed by atoms with Gasteiger partial charge >= 0.3 is 5.97 Å². The van der Waals surface area contributed by atoms with Crippen LogP contribution in [-0.4, -0.2) is 42.1 Å². The smallest absolute Gasteiger partial charge is 0.339 e. The molecule has 0 fully saturated rings. The van der Waals surface area contributed by atoms with Crippen molar-refractivity contribution in [1.29, 1.82) is 0 Å². The van der Waals surface area contributed by atoms with Gasteiger partial charge in [-0.25, -0.2) is 18.2 Å². The van der Waals surface area contributed by atoms with Gasteiger partial charge in [0, 0.05) is 5.69 Å². The Kier molecular flexibility index (Phi) is 7.21. The summed E-state index contributed by atoms with van der Waals surface area (Å²) in [5.74, 6) is -1.11. The zero-order valence-electron chi connectivity index (χ0n) is 19.9. The van der Waals surface area contributed by atoms with Crippen molar-refractivity contribution in [1.82, 2.24) is 15.2 Å². The predicted octanol–water partition coefficient (Wildman–Crippen LogP) is 4.53. The molecule has 2 heterocycles. The molecule has 0 aliphatic rings. The number of ether oxygens (including phenoxy) is 1. The molecule has 196 valence electrons. The number of halogens is 1. The summed E-state index contributed by atoms with van der Waals surface area (Å²) in [6.07, 6.45) is 0. The van der Waals surface area contributed by atoms with Gasteiger partial charge in [-0.2, -0.15) is 0 Å². The number of fused-ring (bicyclic) bond motifs is 1. The Morgan fingerprint density at radius 1 is 0.897 bits per heavy atom. The fourth-order valence-corrected chi connectivity index (χ4v) is 4.62. The lowest BCUT2D eigenvalue weighted by Gasteiger charge is -2.10. The molecule has 13 heteroatoms. The molecular formula is C26H18ClN5O6S. The number of carbonyl (C=O) groups is 2. The average molecular weight is 564 g/mol. The molecule has 1 amide bonds. The molecule has 3 aromatic carbocycles. The van der Waals surface area contributed by atoms with Gasteiger partial charge in [0.1, 0.15) is 5.52 Å². The molecule has 5 aromatic rings. The van der Waals surface area contributed by atoms with E-state index in [4.69, 9.17) is 20.8 Å². The van der Waals surface area contributed by atoms with E-state index in [1.165, 1.54) is 36.4 Å². The van der Waals surface area contributed by atoms with Gasteiger partial charge in [0.25, 0.3) is 15.9 Å². The Labute approximate surface area is 226 Å². The fraction of sp³-hybridized carbons (Fsp3) is 0.0385. The highest BCUT2D eigenvalue weighted by Gasteiger charge is 2.19. The summed E-state index contributed by atoms with van der Waals surface area (Å²) in [7, 11) is -3.95. The van der Waals surface area contributed by atoms with Crippen LogP contribution < -0.4 is 10.0 Å². The molecule has 5 rings (SSSR count). The second kappa shape index (κ2) is 10.9. The zero-order chi connectivity index (χ0) is 27.4. The highest BCUT2D eigenvalue weighted by molar-refractivity contribution is 7.92. The van der Waals surface area contributed by atoms with Crippen LogP contribution in [0.5, 0.6) is 0 Å². The quantitative estimate of drug-likeness (QED) is 0.259. The summed E-state index contributed by atoms with van der Waals surface area (Å²) < 4.78 is 38.3. The van der Waals surface area contributed by atoms with Crippen molar-refractivity contribution in [3.8, 4) is 11.5 Å². The normalized spacial score (nSPS) is 11.2. The largest absolute Gasteiger partial charge is 0.452 e. The number of benzene rings is 3. The van der Waals surface area contributed by atoms with E-state index in [2.05, 4.69) is 25.2 Å². The maximum atomic E-state index is 12.8. The summed E-state index contributed by atoms with van der Waals surface area (Å²) in [4.78, 5) is 29.5. The molecule has 0 bridgehead atoms. The Balaban J connectivity index is 1.20. The first kappa shape index (κ1) is 25.8. The number of nitrogens with one attached hydrogen (secondary N) is 2. The monoisotopic (exact) mass is 563 g/mol. The average Bonchev–Trinajstić information content (AvgIpc) is 3.37. The molecule has 0 saturated heterocycles. The van der Waals surface area contributed by atoms with Gasteiger partial charge in [0.15, 0.2) is 23.2 Å². The number of rotatable bonds is 8. The van der Waals surface area contributed by atoms with Gasteiger partial charge in [-0.1, -0.05) is 35.9 Å². The number of sulfonamides is 1. The lowest BCUT2D eigenvalue weighted by molar-refractivity contribution is -0.119. The Morgan fingerprint density at radius 3 is 2.38 bits per heavy atom. The third kappa shape index (κ3) is 6.03. The first-order valence-corrected chi connectivity index (χ1v) is 13.2. The van der Waals surface area contributed by atoms with Crippen molar-refractivity contribution >= 4 is 56.1 Å². The van der Waals surface area contributed by atoms with Crippen LogP contribution >= 0.6 is 11.6 Å². The number of anilines is 2. The first-order valence-electron chi connectivity index (χ1n) is 11.3. The van der Waals surface area contributed by atoms with Gasteiger partial charge < -0.3 is 14.5 Å². The van der Waals surface area contributed by atoms with Crippen molar-refractivity contribution in [3.63, 3.8) is 0 Å². The lowest BCUT2D eigenvalue weighted by atomic mass is 10.1. The summed E-state index contributed by atoms with van der Waals surface area (Å²) >= 11 is 5.66.